The van der Waals surface area contributed by atoms with Gasteiger partial charge in [0.05, 0.1) is 5.60 Å². The van der Waals surface area contributed by atoms with Crippen molar-refractivity contribution in [1.82, 2.24) is 9.55 Å². The Hall–Kier alpha value is -1.61. The average molecular weight is 258 g/mol. The standard InChI is InChI=1S/C16H22N2O/c1-12-5-6-13(2)14(11-12)16(3,19)8-7-15-17-9-10-18(15)4/h5-6,9-11,19H,7-8H2,1-4H3. The van der Waals surface area contributed by atoms with E-state index in [1.165, 1.54) is 5.56 Å². The van der Waals surface area contributed by atoms with Crippen LogP contribution in [-0.2, 0) is 19.1 Å². The Bertz CT molecular complexity index is 570. The molecule has 0 fully saturated rings. The van der Waals surface area contributed by atoms with Gasteiger partial charge in [0, 0.05) is 25.9 Å². The molecule has 2 rings (SSSR count). The van der Waals surface area contributed by atoms with E-state index in [4.69, 9.17) is 0 Å². The van der Waals surface area contributed by atoms with Crippen LogP contribution in [0.2, 0.25) is 0 Å². The van der Waals surface area contributed by atoms with Crippen molar-refractivity contribution in [3.8, 4) is 0 Å². The molecule has 1 unspecified atom stereocenters. The second-order valence-electron chi connectivity index (χ2n) is 5.55. The fourth-order valence-electron chi connectivity index (χ4n) is 2.44. The molecule has 0 bridgehead atoms. The summed E-state index contributed by atoms with van der Waals surface area (Å²) < 4.78 is 2.00. The smallest absolute Gasteiger partial charge is 0.108 e. The molecule has 0 saturated carbocycles. The molecule has 0 aliphatic carbocycles. The number of aryl methyl sites for hydroxylation is 4. The highest BCUT2D eigenvalue weighted by atomic mass is 16.3. The van der Waals surface area contributed by atoms with Crippen LogP contribution in [0.3, 0.4) is 0 Å². The van der Waals surface area contributed by atoms with E-state index in [2.05, 4.69) is 30.1 Å². The monoisotopic (exact) mass is 258 g/mol. The maximum Gasteiger partial charge on any atom is 0.108 e. The Morgan fingerprint density at radius 2 is 2.05 bits per heavy atom. The highest BCUT2D eigenvalue weighted by molar-refractivity contribution is 5.34. The first-order valence-electron chi connectivity index (χ1n) is 6.66. The summed E-state index contributed by atoms with van der Waals surface area (Å²) in [6, 6.07) is 6.22. The minimum atomic E-state index is -0.817. The second kappa shape index (κ2) is 5.17. The summed E-state index contributed by atoms with van der Waals surface area (Å²) in [5, 5.41) is 10.7. The van der Waals surface area contributed by atoms with E-state index in [1.54, 1.807) is 6.20 Å². The fourth-order valence-corrected chi connectivity index (χ4v) is 2.44. The molecule has 0 aliphatic rings. The zero-order valence-corrected chi connectivity index (χ0v) is 12.1. The van der Waals surface area contributed by atoms with Crippen molar-refractivity contribution < 1.29 is 5.11 Å². The lowest BCUT2D eigenvalue weighted by molar-refractivity contribution is 0.0466. The second-order valence-corrected chi connectivity index (χ2v) is 5.55. The van der Waals surface area contributed by atoms with Crippen molar-refractivity contribution in [2.45, 2.75) is 39.2 Å². The third-order valence-corrected chi connectivity index (χ3v) is 3.73. The van der Waals surface area contributed by atoms with Crippen molar-refractivity contribution >= 4 is 0 Å². The minimum Gasteiger partial charge on any atom is -0.385 e. The van der Waals surface area contributed by atoms with E-state index in [9.17, 15) is 5.11 Å². The molecule has 102 valence electrons. The minimum absolute atomic E-state index is 0.669. The molecule has 0 spiro atoms. The summed E-state index contributed by atoms with van der Waals surface area (Å²) in [5.74, 6) is 1.01. The molecule has 0 aliphatic heterocycles. The van der Waals surface area contributed by atoms with Crippen molar-refractivity contribution in [2.75, 3.05) is 0 Å². The molecular formula is C16H22N2O. The van der Waals surface area contributed by atoms with E-state index >= 15 is 0 Å². The lowest BCUT2D eigenvalue weighted by Crippen LogP contribution is -2.24. The Morgan fingerprint density at radius 3 is 2.68 bits per heavy atom. The van der Waals surface area contributed by atoms with Gasteiger partial charge in [0.2, 0.25) is 0 Å². The molecule has 3 nitrogen and oxygen atoms in total. The van der Waals surface area contributed by atoms with E-state index in [1.807, 2.05) is 31.7 Å². The topological polar surface area (TPSA) is 38.1 Å². The molecule has 1 atom stereocenters. The van der Waals surface area contributed by atoms with Crippen molar-refractivity contribution in [3.05, 3.63) is 53.1 Å². The van der Waals surface area contributed by atoms with Gasteiger partial charge < -0.3 is 9.67 Å². The molecule has 1 aromatic heterocycles. The number of aromatic nitrogens is 2. The number of benzene rings is 1. The van der Waals surface area contributed by atoms with Gasteiger partial charge in [-0.15, -0.1) is 0 Å². The third kappa shape index (κ3) is 3.04. The fraction of sp³-hybridized carbons (Fsp3) is 0.438. The van der Waals surface area contributed by atoms with Crippen LogP contribution in [0.1, 0.15) is 35.9 Å². The Kier molecular flexibility index (Phi) is 3.76. The SMILES string of the molecule is Cc1ccc(C)c(C(C)(O)CCc2nccn2C)c1. The number of nitrogens with zero attached hydrogens (tertiary/aromatic N) is 2. The van der Waals surface area contributed by atoms with Crippen LogP contribution in [0.25, 0.3) is 0 Å². The predicted molar refractivity (Wildman–Crippen MR) is 77.0 cm³/mol. The predicted octanol–water partition coefficient (Wildman–Crippen LogP) is 2.88. The van der Waals surface area contributed by atoms with Crippen LogP contribution in [0, 0.1) is 13.8 Å². The number of imidazole rings is 1. The Morgan fingerprint density at radius 1 is 1.32 bits per heavy atom. The zero-order chi connectivity index (χ0) is 14.0. The first-order valence-corrected chi connectivity index (χ1v) is 6.66. The van der Waals surface area contributed by atoms with Crippen LogP contribution in [0.5, 0.6) is 0 Å². The normalized spacial score (nSPS) is 14.4. The first-order chi connectivity index (χ1) is 8.90. The van der Waals surface area contributed by atoms with Gasteiger partial charge in [0.15, 0.2) is 0 Å². The molecule has 3 heteroatoms. The number of rotatable bonds is 4. The molecular weight excluding hydrogens is 236 g/mol. The molecule has 1 heterocycles. The maximum absolute atomic E-state index is 10.7. The summed E-state index contributed by atoms with van der Waals surface area (Å²) >= 11 is 0. The number of hydrogen-bond acceptors (Lipinski definition) is 2. The van der Waals surface area contributed by atoms with E-state index in [0.29, 0.717) is 6.42 Å². The number of aliphatic hydroxyl groups is 1. The molecule has 2 aromatic rings. The van der Waals surface area contributed by atoms with Crippen molar-refractivity contribution in [1.29, 1.82) is 0 Å². The summed E-state index contributed by atoms with van der Waals surface area (Å²) in [6.07, 6.45) is 5.16. The van der Waals surface area contributed by atoms with E-state index in [0.717, 1.165) is 23.4 Å². The summed E-state index contributed by atoms with van der Waals surface area (Å²) in [4.78, 5) is 4.30. The zero-order valence-electron chi connectivity index (χ0n) is 12.1. The molecule has 1 aromatic carbocycles. The summed E-state index contributed by atoms with van der Waals surface area (Å²) in [5.41, 5.74) is 2.51. The largest absolute Gasteiger partial charge is 0.385 e. The van der Waals surface area contributed by atoms with Gasteiger partial charge >= 0.3 is 0 Å². The average Bonchev–Trinajstić information content (AvgIpc) is 2.75. The van der Waals surface area contributed by atoms with Crippen LogP contribution >= 0.6 is 0 Å². The van der Waals surface area contributed by atoms with E-state index < -0.39 is 5.60 Å². The van der Waals surface area contributed by atoms with Crippen LogP contribution < -0.4 is 0 Å². The van der Waals surface area contributed by atoms with Gasteiger partial charge in [-0.05, 0) is 38.3 Å². The highest BCUT2D eigenvalue weighted by Gasteiger charge is 2.25. The maximum atomic E-state index is 10.7. The van der Waals surface area contributed by atoms with Gasteiger partial charge in [0.1, 0.15) is 5.82 Å². The van der Waals surface area contributed by atoms with Gasteiger partial charge in [-0.2, -0.15) is 0 Å². The Balaban J connectivity index is 2.18. The third-order valence-electron chi connectivity index (χ3n) is 3.73. The molecule has 1 N–H and O–H groups in total. The van der Waals surface area contributed by atoms with Crippen LogP contribution in [0.15, 0.2) is 30.6 Å². The quantitative estimate of drug-likeness (QED) is 0.915. The lowest BCUT2D eigenvalue weighted by atomic mass is 9.87. The van der Waals surface area contributed by atoms with Crippen molar-refractivity contribution in [2.24, 2.45) is 7.05 Å². The number of hydrogen-bond donors (Lipinski definition) is 1. The molecule has 0 amide bonds. The lowest BCUT2D eigenvalue weighted by Gasteiger charge is -2.26. The van der Waals surface area contributed by atoms with Crippen molar-refractivity contribution in [3.63, 3.8) is 0 Å². The van der Waals surface area contributed by atoms with Crippen LogP contribution in [-0.4, -0.2) is 14.7 Å². The van der Waals surface area contributed by atoms with Gasteiger partial charge in [-0.25, -0.2) is 4.98 Å². The summed E-state index contributed by atoms with van der Waals surface area (Å²) in [6.45, 7) is 5.99. The van der Waals surface area contributed by atoms with Gasteiger partial charge in [-0.1, -0.05) is 23.8 Å². The Labute approximate surface area is 114 Å². The highest BCUT2D eigenvalue weighted by Crippen LogP contribution is 2.29. The molecule has 0 radical (unpaired) electrons. The van der Waals surface area contributed by atoms with Gasteiger partial charge in [-0.3, -0.25) is 0 Å². The molecule has 0 saturated heterocycles. The van der Waals surface area contributed by atoms with Crippen LogP contribution in [0.4, 0.5) is 0 Å². The van der Waals surface area contributed by atoms with Gasteiger partial charge in [0.25, 0.3) is 0 Å². The molecule has 19 heavy (non-hydrogen) atoms. The first kappa shape index (κ1) is 13.8. The summed E-state index contributed by atoms with van der Waals surface area (Å²) in [7, 11) is 1.98. The van der Waals surface area contributed by atoms with E-state index in [-0.39, 0.29) is 0 Å².